The molecule has 42 heavy (non-hydrogen) atoms. The van der Waals surface area contributed by atoms with Crippen LogP contribution < -0.4 is 10.1 Å². The van der Waals surface area contributed by atoms with Crippen molar-refractivity contribution in [1.29, 1.82) is 0 Å². The molecule has 1 aliphatic heterocycles. The molecule has 3 aromatic rings. The van der Waals surface area contributed by atoms with Crippen LogP contribution in [0.1, 0.15) is 19.7 Å². The number of alkyl halides is 3. The number of hydrogen-bond acceptors (Lipinski definition) is 9. The number of hydrogen-bond donors (Lipinski definition) is 1. The molecule has 0 unspecified atom stereocenters. The van der Waals surface area contributed by atoms with Gasteiger partial charge < -0.3 is 28.4 Å². The molecule has 0 aliphatic carbocycles. The van der Waals surface area contributed by atoms with Crippen molar-refractivity contribution in [2.45, 2.75) is 50.9 Å². The number of methoxy groups -OCH3 is 2. The number of carbonyl (C=O) groups excluding carboxylic acids is 1. The van der Waals surface area contributed by atoms with E-state index < -0.39 is 43.2 Å². The number of halogens is 3. The van der Waals surface area contributed by atoms with Gasteiger partial charge in [-0.1, -0.05) is 6.58 Å². The van der Waals surface area contributed by atoms with Crippen LogP contribution in [0.25, 0.3) is 23.2 Å². The summed E-state index contributed by atoms with van der Waals surface area (Å²) in [4.78, 5) is 17.2. The molecule has 1 saturated heterocycles. The predicted molar refractivity (Wildman–Crippen MR) is 145 cm³/mol. The molecule has 1 amide bonds. The van der Waals surface area contributed by atoms with Crippen molar-refractivity contribution in [3.05, 3.63) is 60.9 Å². The minimum atomic E-state index is -4.79. The van der Waals surface area contributed by atoms with Crippen LogP contribution in [-0.2, 0) is 23.7 Å². The van der Waals surface area contributed by atoms with Gasteiger partial charge in [0.15, 0.2) is 11.6 Å². The highest BCUT2D eigenvalue weighted by Gasteiger charge is 2.47. The number of amides is 1. The van der Waals surface area contributed by atoms with Crippen molar-refractivity contribution < 1.29 is 46.4 Å². The van der Waals surface area contributed by atoms with Crippen LogP contribution in [0, 0.1) is 0 Å². The van der Waals surface area contributed by atoms with Gasteiger partial charge in [0.2, 0.25) is 6.29 Å². The number of carbonyl (C=O) groups is 1. The molecule has 11 nitrogen and oxygen atoms in total. The predicted octanol–water partition coefficient (Wildman–Crippen LogP) is 5.20. The Morgan fingerprint density at radius 3 is 2.31 bits per heavy atom. The topological polar surface area (TPSA) is 115 Å². The zero-order chi connectivity index (χ0) is 30.4. The van der Waals surface area contributed by atoms with Crippen molar-refractivity contribution in [1.82, 2.24) is 14.8 Å². The van der Waals surface area contributed by atoms with Crippen LogP contribution in [0.3, 0.4) is 0 Å². The first-order valence-corrected chi connectivity index (χ1v) is 12.9. The molecule has 0 saturated carbocycles. The molecule has 0 bridgehead atoms. The van der Waals surface area contributed by atoms with E-state index in [1.54, 1.807) is 38.3 Å². The Hall–Kier alpha value is -3.98. The average molecular weight is 593 g/mol. The SMILES string of the molecule is C=Cc1nc(-c2ccc(NC(=O)O[C@@H]3O[C@@H](C)[C@H](OC)[C@@H](OCC)[C@H]3OC)cc2)nn1-c1ccc(OC(F)(F)F)cc1. The number of benzene rings is 2. The lowest BCUT2D eigenvalue weighted by molar-refractivity contribution is -0.292. The van der Waals surface area contributed by atoms with Crippen LogP contribution in [0.5, 0.6) is 5.75 Å². The molecular formula is C28H31F3N4O7. The monoisotopic (exact) mass is 592 g/mol. The summed E-state index contributed by atoms with van der Waals surface area (Å²) in [7, 11) is 3.02. The van der Waals surface area contributed by atoms with Gasteiger partial charge in [-0.2, -0.15) is 0 Å². The summed E-state index contributed by atoms with van der Waals surface area (Å²) >= 11 is 0. The van der Waals surface area contributed by atoms with Crippen LogP contribution in [-0.4, -0.2) is 78.8 Å². The van der Waals surface area contributed by atoms with Crippen molar-refractivity contribution in [3.63, 3.8) is 0 Å². The number of nitrogens with one attached hydrogen (secondary N) is 1. The molecule has 226 valence electrons. The zero-order valence-electron chi connectivity index (χ0n) is 23.3. The minimum Gasteiger partial charge on any atom is -0.416 e. The van der Waals surface area contributed by atoms with Gasteiger partial charge in [-0.3, -0.25) is 5.32 Å². The van der Waals surface area contributed by atoms with E-state index >= 15 is 0 Å². The van der Waals surface area contributed by atoms with E-state index in [2.05, 4.69) is 26.7 Å². The molecule has 2 heterocycles. The third kappa shape index (κ3) is 7.26. The molecule has 14 heteroatoms. The summed E-state index contributed by atoms with van der Waals surface area (Å²) < 4.78 is 71.0. The lowest BCUT2D eigenvalue weighted by atomic mass is 9.99. The second-order valence-electron chi connectivity index (χ2n) is 9.09. The fourth-order valence-corrected chi connectivity index (χ4v) is 4.54. The molecule has 5 atom stereocenters. The number of rotatable bonds is 10. The number of nitrogens with zero attached hydrogens (tertiary/aromatic N) is 3. The van der Waals surface area contributed by atoms with Crippen molar-refractivity contribution in [2.24, 2.45) is 0 Å². The van der Waals surface area contributed by atoms with Crippen LogP contribution in [0.4, 0.5) is 23.7 Å². The molecule has 1 fully saturated rings. The molecule has 0 radical (unpaired) electrons. The van der Waals surface area contributed by atoms with Gasteiger partial charge in [0, 0.05) is 32.1 Å². The maximum absolute atomic E-state index is 12.7. The van der Waals surface area contributed by atoms with Gasteiger partial charge in [-0.15, -0.1) is 18.3 Å². The van der Waals surface area contributed by atoms with Gasteiger partial charge in [0.1, 0.15) is 24.1 Å². The second-order valence-corrected chi connectivity index (χ2v) is 9.09. The third-order valence-corrected chi connectivity index (χ3v) is 6.37. The van der Waals surface area contributed by atoms with E-state index in [0.717, 1.165) is 0 Å². The molecule has 1 aliphatic rings. The smallest absolute Gasteiger partial charge is 0.416 e. The summed E-state index contributed by atoms with van der Waals surface area (Å²) in [5, 5.41) is 7.11. The molecular weight excluding hydrogens is 561 g/mol. The standard InChI is InChI=1S/C28H31F3N4O7/c1-6-21-33-25(34-35(21)19-12-14-20(15-13-19)42-28(29,30)31)17-8-10-18(11-9-17)32-27(36)41-26-24(38-5)23(39-7-2)22(37-4)16(3)40-26/h6,8-16,22-24,26H,1,7H2,2-5H3,(H,32,36)/t16-,22-,23+,24+,26-/m0/s1. The van der Waals surface area contributed by atoms with E-state index in [1.807, 2.05) is 6.92 Å². The van der Waals surface area contributed by atoms with Gasteiger partial charge in [0.05, 0.1) is 11.8 Å². The van der Waals surface area contributed by atoms with E-state index in [4.69, 9.17) is 23.7 Å². The van der Waals surface area contributed by atoms with Crippen LogP contribution in [0.15, 0.2) is 55.1 Å². The highest BCUT2D eigenvalue weighted by Crippen LogP contribution is 2.29. The fraction of sp³-hybridized carbons (Fsp3) is 0.393. The quantitative estimate of drug-likeness (QED) is 0.339. The molecule has 4 rings (SSSR count). The Morgan fingerprint density at radius 2 is 1.74 bits per heavy atom. The number of anilines is 1. The minimum absolute atomic E-state index is 0.330. The van der Waals surface area contributed by atoms with E-state index in [0.29, 0.717) is 35.2 Å². The fourth-order valence-electron chi connectivity index (χ4n) is 4.54. The first kappa shape index (κ1) is 31.0. The first-order chi connectivity index (χ1) is 20.1. The lowest BCUT2D eigenvalue weighted by Gasteiger charge is -2.43. The highest BCUT2D eigenvalue weighted by atomic mass is 19.4. The third-order valence-electron chi connectivity index (χ3n) is 6.37. The lowest BCUT2D eigenvalue weighted by Crippen LogP contribution is -2.60. The Morgan fingerprint density at radius 1 is 1.07 bits per heavy atom. The normalized spacial score (nSPS) is 22.4. The highest BCUT2D eigenvalue weighted by molar-refractivity contribution is 5.85. The number of aromatic nitrogens is 3. The molecule has 1 aromatic heterocycles. The van der Waals surface area contributed by atoms with Gasteiger partial charge in [-0.05, 0) is 68.5 Å². The van der Waals surface area contributed by atoms with Gasteiger partial charge in [-0.25, -0.2) is 14.5 Å². The maximum atomic E-state index is 12.7. The second kappa shape index (κ2) is 13.3. The van der Waals surface area contributed by atoms with E-state index in [-0.39, 0.29) is 5.75 Å². The average Bonchev–Trinajstić information content (AvgIpc) is 3.38. The largest absolute Gasteiger partial charge is 0.573 e. The van der Waals surface area contributed by atoms with Crippen molar-refractivity contribution >= 4 is 17.9 Å². The maximum Gasteiger partial charge on any atom is 0.573 e. The van der Waals surface area contributed by atoms with Crippen molar-refractivity contribution in [3.8, 4) is 22.8 Å². The summed E-state index contributed by atoms with van der Waals surface area (Å²) in [6.07, 6.45) is -7.18. The summed E-state index contributed by atoms with van der Waals surface area (Å²) in [6.45, 7) is 7.78. The summed E-state index contributed by atoms with van der Waals surface area (Å²) in [5.74, 6) is 0.344. The Kier molecular flexibility index (Phi) is 9.83. The molecule has 1 N–H and O–H groups in total. The summed E-state index contributed by atoms with van der Waals surface area (Å²) in [6, 6.07) is 11.8. The van der Waals surface area contributed by atoms with Crippen molar-refractivity contribution in [2.75, 3.05) is 26.1 Å². The number of ether oxygens (including phenoxy) is 6. The Labute approximate surface area is 240 Å². The molecule has 2 aromatic carbocycles. The Balaban J connectivity index is 1.43. The Bertz CT molecular complexity index is 1350. The molecule has 0 spiro atoms. The van der Waals surface area contributed by atoms with E-state index in [9.17, 15) is 18.0 Å². The van der Waals surface area contributed by atoms with E-state index in [1.165, 1.54) is 42.1 Å². The summed E-state index contributed by atoms with van der Waals surface area (Å²) in [5.41, 5.74) is 1.50. The van der Waals surface area contributed by atoms with Gasteiger partial charge in [0.25, 0.3) is 0 Å². The zero-order valence-corrected chi connectivity index (χ0v) is 23.3. The van der Waals surface area contributed by atoms with Crippen LogP contribution in [0.2, 0.25) is 0 Å². The van der Waals surface area contributed by atoms with Crippen LogP contribution >= 0.6 is 0 Å². The first-order valence-electron chi connectivity index (χ1n) is 12.9. The van der Waals surface area contributed by atoms with Gasteiger partial charge >= 0.3 is 12.5 Å².